The van der Waals surface area contributed by atoms with Crippen molar-refractivity contribution in [3.8, 4) is 11.5 Å². The van der Waals surface area contributed by atoms with Crippen molar-refractivity contribution in [1.82, 2.24) is 4.90 Å². The van der Waals surface area contributed by atoms with E-state index in [-0.39, 0.29) is 5.91 Å². The molecule has 0 radical (unpaired) electrons. The summed E-state index contributed by atoms with van der Waals surface area (Å²) in [6.07, 6.45) is 2.09. The van der Waals surface area contributed by atoms with Crippen LogP contribution >= 0.6 is 0 Å². The molecular weight excluding hydrogens is 292 g/mol. The fourth-order valence-corrected chi connectivity index (χ4v) is 1.98. The van der Waals surface area contributed by atoms with Gasteiger partial charge in [-0.2, -0.15) is 0 Å². The van der Waals surface area contributed by atoms with Crippen LogP contribution in [-0.4, -0.2) is 44.2 Å². The van der Waals surface area contributed by atoms with Crippen molar-refractivity contribution < 1.29 is 14.3 Å². The van der Waals surface area contributed by atoms with Gasteiger partial charge in [-0.15, -0.1) is 0 Å². The number of likely N-dealkylation sites (N-methyl/N-ethyl adjacent to an activating group) is 1. The lowest BCUT2D eigenvalue weighted by molar-refractivity contribution is -0.116. The molecule has 1 aromatic carbocycles. The van der Waals surface area contributed by atoms with Crippen LogP contribution in [0.5, 0.6) is 11.5 Å². The van der Waals surface area contributed by atoms with Crippen molar-refractivity contribution in [2.24, 2.45) is 0 Å². The lowest BCUT2D eigenvalue weighted by Crippen LogP contribution is -2.30. The van der Waals surface area contributed by atoms with Crippen LogP contribution in [0.2, 0.25) is 0 Å². The minimum atomic E-state index is -0.0544. The summed E-state index contributed by atoms with van der Waals surface area (Å²) >= 11 is 0. The fourth-order valence-electron chi connectivity index (χ4n) is 1.98. The van der Waals surface area contributed by atoms with E-state index >= 15 is 0 Å². The standard InChI is InChI=1S/C18H28N2O3/c1-6-22-16-9-8-15(12-17(16)23-7-2)19-18(21)13-20(5)11-10-14(3)4/h8-10,12H,6-7,11,13H2,1-5H3,(H,19,21). The number of nitrogens with zero attached hydrogens (tertiary/aromatic N) is 1. The van der Waals surface area contributed by atoms with Gasteiger partial charge in [-0.3, -0.25) is 9.69 Å². The molecular formula is C18H28N2O3. The summed E-state index contributed by atoms with van der Waals surface area (Å²) in [5.74, 6) is 1.28. The maximum atomic E-state index is 12.1. The highest BCUT2D eigenvalue weighted by atomic mass is 16.5. The highest BCUT2D eigenvalue weighted by Crippen LogP contribution is 2.30. The third-order valence-electron chi connectivity index (χ3n) is 3.05. The molecule has 1 rings (SSSR count). The number of nitrogens with one attached hydrogen (secondary N) is 1. The summed E-state index contributed by atoms with van der Waals surface area (Å²) in [6, 6.07) is 5.43. The summed E-state index contributed by atoms with van der Waals surface area (Å²) in [4.78, 5) is 14.1. The Balaban J connectivity index is 2.67. The van der Waals surface area contributed by atoms with E-state index in [0.717, 1.165) is 6.54 Å². The molecule has 0 aliphatic carbocycles. The highest BCUT2D eigenvalue weighted by molar-refractivity contribution is 5.92. The van der Waals surface area contributed by atoms with Gasteiger partial charge in [-0.1, -0.05) is 11.6 Å². The van der Waals surface area contributed by atoms with Crippen LogP contribution in [0.3, 0.4) is 0 Å². The van der Waals surface area contributed by atoms with Crippen molar-refractivity contribution in [1.29, 1.82) is 0 Å². The quantitative estimate of drug-likeness (QED) is 0.709. The number of allylic oxidation sites excluding steroid dienone is 1. The summed E-state index contributed by atoms with van der Waals surface area (Å²) < 4.78 is 11.1. The van der Waals surface area contributed by atoms with E-state index < -0.39 is 0 Å². The normalized spacial score (nSPS) is 10.3. The Hall–Kier alpha value is -2.01. The van der Waals surface area contributed by atoms with Gasteiger partial charge in [0.25, 0.3) is 0 Å². The van der Waals surface area contributed by atoms with E-state index in [1.165, 1.54) is 5.57 Å². The average molecular weight is 320 g/mol. The second-order valence-electron chi connectivity index (χ2n) is 5.55. The first-order valence-electron chi connectivity index (χ1n) is 7.97. The Labute approximate surface area is 139 Å². The molecule has 0 spiro atoms. The molecule has 0 saturated heterocycles. The predicted molar refractivity (Wildman–Crippen MR) is 94.3 cm³/mol. The molecule has 0 unspecified atom stereocenters. The second kappa shape index (κ2) is 9.90. The van der Waals surface area contributed by atoms with Crippen molar-refractivity contribution in [2.75, 3.05) is 38.7 Å². The van der Waals surface area contributed by atoms with Crippen LogP contribution < -0.4 is 14.8 Å². The van der Waals surface area contributed by atoms with Gasteiger partial charge < -0.3 is 14.8 Å². The molecule has 0 atom stereocenters. The first-order valence-corrected chi connectivity index (χ1v) is 7.97. The van der Waals surface area contributed by atoms with Crippen molar-refractivity contribution in [3.63, 3.8) is 0 Å². The van der Waals surface area contributed by atoms with Crippen molar-refractivity contribution in [3.05, 3.63) is 29.8 Å². The highest BCUT2D eigenvalue weighted by Gasteiger charge is 2.10. The third kappa shape index (κ3) is 7.19. The van der Waals surface area contributed by atoms with E-state index in [1.807, 2.05) is 51.8 Å². The monoisotopic (exact) mass is 320 g/mol. The zero-order valence-electron chi connectivity index (χ0n) is 14.8. The lowest BCUT2D eigenvalue weighted by atomic mass is 10.2. The first-order chi connectivity index (χ1) is 11.0. The molecule has 128 valence electrons. The van der Waals surface area contributed by atoms with Gasteiger partial charge in [0.15, 0.2) is 11.5 Å². The molecule has 1 aromatic rings. The number of carbonyl (C=O) groups is 1. The Kier molecular flexibility index (Phi) is 8.19. The number of hydrogen-bond acceptors (Lipinski definition) is 4. The van der Waals surface area contributed by atoms with Crippen molar-refractivity contribution in [2.45, 2.75) is 27.7 Å². The zero-order chi connectivity index (χ0) is 17.2. The van der Waals surface area contributed by atoms with Crippen LogP contribution in [-0.2, 0) is 4.79 Å². The number of rotatable bonds is 9. The second-order valence-corrected chi connectivity index (χ2v) is 5.55. The van der Waals surface area contributed by atoms with E-state index in [0.29, 0.717) is 36.9 Å². The Bertz CT molecular complexity index is 537. The molecule has 5 heteroatoms. The van der Waals surface area contributed by atoms with Gasteiger partial charge in [0.2, 0.25) is 5.91 Å². The predicted octanol–water partition coefficient (Wildman–Crippen LogP) is 3.32. The SMILES string of the molecule is CCOc1ccc(NC(=O)CN(C)CC=C(C)C)cc1OCC. The summed E-state index contributed by atoms with van der Waals surface area (Å²) in [5.41, 5.74) is 1.95. The molecule has 23 heavy (non-hydrogen) atoms. The molecule has 0 aromatic heterocycles. The number of amides is 1. The lowest BCUT2D eigenvalue weighted by Gasteiger charge is -2.16. The van der Waals surface area contributed by atoms with Crippen LogP contribution in [0, 0.1) is 0 Å². The summed E-state index contributed by atoms with van der Waals surface area (Å²) in [7, 11) is 1.92. The van der Waals surface area contributed by atoms with Crippen molar-refractivity contribution >= 4 is 11.6 Å². The van der Waals surface area contributed by atoms with Gasteiger partial charge in [0, 0.05) is 18.3 Å². The number of carbonyl (C=O) groups excluding carboxylic acids is 1. The minimum absolute atomic E-state index is 0.0544. The van der Waals surface area contributed by atoms with Gasteiger partial charge in [-0.05, 0) is 46.9 Å². The molecule has 0 bridgehead atoms. The largest absolute Gasteiger partial charge is 0.490 e. The summed E-state index contributed by atoms with van der Waals surface area (Å²) in [5, 5.41) is 2.89. The minimum Gasteiger partial charge on any atom is -0.490 e. The van der Waals surface area contributed by atoms with E-state index in [4.69, 9.17) is 9.47 Å². The number of benzene rings is 1. The summed E-state index contributed by atoms with van der Waals surface area (Å²) in [6.45, 7) is 10.1. The Morgan fingerprint density at radius 2 is 1.83 bits per heavy atom. The number of ether oxygens (including phenoxy) is 2. The van der Waals surface area contributed by atoms with Crippen LogP contribution in [0.1, 0.15) is 27.7 Å². The maximum absolute atomic E-state index is 12.1. The molecule has 5 nitrogen and oxygen atoms in total. The maximum Gasteiger partial charge on any atom is 0.238 e. The van der Waals surface area contributed by atoms with Gasteiger partial charge in [-0.25, -0.2) is 0 Å². The van der Waals surface area contributed by atoms with Crippen LogP contribution in [0.25, 0.3) is 0 Å². The number of hydrogen-bond donors (Lipinski definition) is 1. The molecule has 0 saturated carbocycles. The third-order valence-corrected chi connectivity index (χ3v) is 3.05. The first kappa shape index (κ1) is 19.0. The Morgan fingerprint density at radius 3 is 2.43 bits per heavy atom. The average Bonchev–Trinajstić information content (AvgIpc) is 2.48. The zero-order valence-corrected chi connectivity index (χ0v) is 14.8. The van der Waals surface area contributed by atoms with E-state index in [1.54, 1.807) is 6.07 Å². The van der Waals surface area contributed by atoms with Gasteiger partial charge in [0.05, 0.1) is 19.8 Å². The number of anilines is 1. The van der Waals surface area contributed by atoms with Gasteiger partial charge in [0.1, 0.15) is 0 Å². The van der Waals surface area contributed by atoms with Gasteiger partial charge >= 0.3 is 0 Å². The topological polar surface area (TPSA) is 50.8 Å². The molecule has 0 aliphatic rings. The van der Waals surface area contributed by atoms with E-state index in [9.17, 15) is 4.79 Å². The molecule has 1 amide bonds. The smallest absolute Gasteiger partial charge is 0.238 e. The fraction of sp³-hybridized carbons (Fsp3) is 0.500. The van der Waals surface area contributed by atoms with Crippen LogP contribution in [0.4, 0.5) is 5.69 Å². The molecule has 0 heterocycles. The van der Waals surface area contributed by atoms with E-state index in [2.05, 4.69) is 11.4 Å². The molecule has 0 aliphatic heterocycles. The Morgan fingerprint density at radius 1 is 1.17 bits per heavy atom. The molecule has 1 N–H and O–H groups in total. The van der Waals surface area contributed by atoms with Crippen LogP contribution in [0.15, 0.2) is 29.8 Å². The molecule has 0 fully saturated rings.